The van der Waals surface area contributed by atoms with Gasteiger partial charge in [-0.15, -0.1) is 0 Å². The van der Waals surface area contributed by atoms with E-state index in [4.69, 9.17) is 5.11 Å². The van der Waals surface area contributed by atoms with Crippen LogP contribution in [0.15, 0.2) is 30.3 Å². The van der Waals surface area contributed by atoms with E-state index < -0.39 is 16.2 Å². The Hall–Kier alpha value is -1.60. The number of carbonyl (C=O) groups is 1. The molecule has 0 unspecified atom stereocenters. The molecule has 0 amide bonds. The fourth-order valence-corrected chi connectivity index (χ4v) is 1.88. The van der Waals surface area contributed by atoms with Crippen molar-refractivity contribution in [2.45, 2.75) is 6.42 Å². The van der Waals surface area contributed by atoms with Gasteiger partial charge < -0.3 is 5.11 Å². The maximum Gasteiger partial charge on any atom is 0.304 e. The highest BCUT2D eigenvalue weighted by molar-refractivity contribution is 7.90. The molecule has 0 bridgehead atoms. The number of hydrogen-bond acceptors (Lipinski definition) is 3. The predicted octanol–water partition coefficient (Wildman–Crippen LogP) is 0.408. The maximum absolute atomic E-state index is 11.4. The number of para-hydroxylation sites is 1. The van der Waals surface area contributed by atoms with Gasteiger partial charge in [0.25, 0.3) is 10.2 Å². The summed E-state index contributed by atoms with van der Waals surface area (Å²) in [6, 6.07) is 8.33. The first-order valence-electron chi connectivity index (χ1n) is 4.54. The largest absolute Gasteiger partial charge is 0.481 e. The first kappa shape index (κ1) is 12.5. The van der Waals surface area contributed by atoms with Gasteiger partial charge in [0.1, 0.15) is 0 Å². The summed E-state index contributed by atoms with van der Waals surface area (Å²) in [5.74, 6) is -1.05. The Balaban J connectivity index is 2.49. The molecule has 16 heavy (non-hydrogen) atoms. The highest BCUT2D eigenvalue weighted by Crippen LogP contribution is 2.06. The number of hydrogen-bond donors (Lipinski definition) is 3. The molecule has 0 saturated carbocycles. The monoisotopic (exact) mass is 244 g/mol. The second-order valence-electron chi connectivity index (χ2n) is 3.01. The molecule has 0 heterocycles. The first-order valence-corrected chi connectivity index (χ1v) is 6.02. The van der Waals surface area contributed by atoms with Crippen molar-refractivity contribution in [3.8, 4) is 0 Å². The van der Waals surface area contributed by atoms with E-state index in [2.05, 4.69) is 9.44 Å². The molecule has 88 valence electrons. The average molecular weight is 244 g/mol. The summed E-state index contributed by atoms with van der Waals surface area (Å²) in [7, 11) is -3.69. The van der Waals surface area contributed by atoms with Crippen molar-refractivity contribution in [1.82, 2.24) is 4.72 Å². The summed E-state index contributed by atoms with van der Waals surface area (Å²) >= 11 is 0. The minimum absolute atomic E-state index is 0.141. The molecule has 6 nitrogen and oxygen atoms in total. The Labute approximate surface area is 93.5 Å². The summed E-state index contributed by atoms with van der Waals surface area (Å²) in [5, 5.41) is 8.34. The Morgan fingerprint density at radius 1 is 1.25 bits per heavy atom. The van der Waals surface area contributed by atoms with Crippen LogP contribution in [-0.4, -0.2) is 26.0 Å². The lowest BCUT2D eigenvalue weighted by Gasteiger charge is -2.07. The number of rotatable bonds is 6. The lowest BCUT2D eigenvalue weighted by atomic mass is 10.3. The van der Waals surface area contributed by atoms with Crippen molar-refractivity contribution in [1.29, 1.82) is 0 Å². The van der Waals surface area contributed by atoms with Gasteiger partial charge in [-0.1, -0.05) is 18.2 Å². The third kappa shape index (κ3) is 4.76. The van der Waals surface area contributed by atoms with Crippen LogP contribution in [0.1, 0.15) is 6.42 Å². The molecule has 0 fully saturated rings. The third-order valence-corrected chi connectivity index (χ3v) is 2.75. The highest BCUT2D eigenvalue weighted by Gasteiger charge is 2.09. The van der Waals surface area contributed by atoms with E-state index in [1.54, 1.807) is 30.3 Å². The number of benzene rings is 1. The Bertz CT molecular complexity index is 444. The van der Waals surface area contributed by atoms with Gasteiger partial charge in [-0.2, -0.15) is 13.1 Å². The molecule has 3 N–H and O–H groups in total. The molecule has 0 aliphatic heterocycles. The SMILES string of the molecule is O=C(O)CCNS(=O)(=O)Nc1ccccc1. The summed E-state index contributed by atoms with van der Waals surface area (Å²) in [5.41, 5.74) is 0.422. The highest BCUT2D eigenvalue weighted by atomic mass is 32.2. The van der Waals surface area contributed by atoms with E-state index in [1.807, 2.05) is 0 Å². The lowest BCUT2D eigenvalue weighted by Crippen LogP contribution is -2.31. The van der Waals surface area contributed by atoms with Gasteiger partial charge in [-0.25, -0.2) is 0 Å². The smallest absolute Gasteiger partial charge is 0.304 e. The zero-order valence-electron chi connectivity index (χ0n) is 8.38. The summed E-state index contributed by atoms with van der Waals surface area (Å²) in [4.78, 5) is 10.2. The molecule has 0 atom stereocenters. The first-order chi connectivity index (χ1) is 7.49. The molecular weight excluding hydrogens is 232 g/mol. The normalized spacial score (nSPS) is 11.0. The molecule has 0 spiro atoms. The quantitative estimate of drug-likeness (QED) is 0.675. The second kappa shape index (κ2) is 5.47. The van der Waals surface area contributed by atoms with Crippen molar-refractivity contribution in [2.24, 2.45) is 0 Å². The molecule has 0 aliphatic rings. The average Bonchev–Trinajstić information content (AvgIpc) is 2.17. The Kier molecular flexibility index (Phi) is 4.27. The van der Waals surface area contributed by atoms with E-state index in [-0.39, 0.29) is 13.0 Å². The van der Waals surface area contributed by atoms with E-state index in [9.17, 15) is 13.2 Å². The van der Waals surface area contributed by atoms with Crippen LogP contribution in [0.4, 0.5) is 5.69 Å². The molecule has 1 rings (SSSR count). The fourth-order valence-electron chi connectivity index (χ4n) is 0.990. The number of aliphatic carboxylic acids is 1. The van der Waals surface area contributed by atoms with Gasteiger partial charge in [-0.05, 0) is 12.1 Å². The minimum atomic E-state index is -3.69. The van der Waals surface area contributed by atoms with E-state index >= 15 is 0 Å². The van der Waals surface area contributed by atoms with Crippen molar-refractivity contribution < 1.29 is 18.3 Å². The molecule has 0 saturated heterocycles. The second-order valence-corrected chi connectivity index (χ2v) is 4.51. The number of anilines is 1. The molecule has 1 aromatic carbocycles. The topological polar surface area (TPSA) is 95.5 Å². The minimum Gasteiger partial charge on any atom is -0.481 e. The van der Waals surface area contributed by atoms with Crippen molar-refractivity contribution in [3.63, 3.8) is 0 Å². The summed E-state index contributed by atoms with van der Waals surface area (Å²) in [6.07, 6.45) is -0.254. The predicted molar refractivity (Wildman–Crippen MR) is 59.2 cm³/mol. The van der Waals surface area contributed by atoms with Gasteiger partial charge in [0.05, 0.1) is 6.42 Å². The molecule has 0 aliphatic carbocycles. The fraction of sp³-hybridized carbons (Fsp3) is 0.222. The van der Waals surface area contributed by atoms with Crippen molar-refractivity contribution >= 4 is 21.9 Å². The molecular formula is C9H12N2O4S. The summed E-state index contributed by atoms with van der Waals surface area (Å²) in [6.45, 7) is -0.141. The number of carboxylic acid groups (broad SMARTS) is 1. The zero-order valence-corrected chi connectivity index (χ0v) is 9.20. The van der Waals surface area contributed by atoms with Crippen LogP contribution in [0.5, 0.6) is 0 Å². The van der Waals surface area contributed by atoms with Crippen LogP contribution in [0.2, 0.25) is 0 Å². The van der Waals surface area contributed by atoms with Crippen LogP contribution in [0, 0.1) is 0 Å². The standard InChI is InChI=1S/C9H12N2O4S/c12-9(13)6-7-10-16(14,15)11-8-4-2-1-3-5-8/h1-5,10-11H,6-7H2,(H,12,13). The zero-order chi connectivity index (χ0) is 12.0. The molecule has 7 heteroatoms. The lowest BCUT2D eigenvalue weighted by molar-refractivity contribution is -0.136. The molecule has 0 radical (unpaired) electrons. The van der Waals surface area contributed by atoms with Gasteiger partial charge in [0.15, 0.2) is 0 Å². The number of carboxylic acids is 1. The van der Waals surface area contributed by atoms with Crippen LogP contribution in [0.3, 0.4) is 0 Å². The van der Waals surface area contributed by atoms with Gasteiger partial charge in [0, 0.05) is 12.2 Å². The maximum atomic E-state index is 11.4. The van der Waals surface area contributed by atoms with E-state index in [1.165, 1.54) is 0 Å². The Morgan fingerprint density at radius 2 is 1.88 bits per heavy atom. The third-order valence-electron chi connectivity index (χ3n) is 1.66. The number of nitrogens with one attached hydrogen (secondary N) is 2. The Morgan fingerprint density at radius 3 is 2.44 bits per heavy atom. The van der Waals surface area contributed by atoms with Crippen LogP contribution < -0.4 is 9.44 Å². The molecule has 0 aromatic heterocycles. The van der Waals surface area contributed by atoms with Crippen molar-refractivity contribution in [3.05, 3.63) is 30.3 Å². The van der Waals surface area contributed by atoms with Crippen LogP contribution in [0.25, 0.3) is 0 Å². The van der Waals surface area contributed by atoms with Crippen LogP contribution in [-0.2, 0) is 15.0 Å². The van der Waals surface area contributed by atoms with Gasteiger partial charge in [0.2, 0.25) is 0 Å². The van der Waals surface area contributed by atoms with E-state index in [0.717, 1.165) is 0 Å². The molecule has 1 aromatic rings. The van der Waals surface area contributed by atoms with Crippen molar-refractivity contribution in [2.75, 3.05) is 11.3 Å². The summed E-state index contributed by atoms with van der Waals surface area (Å²) < 4.78 is 27.1. The van der Waals surface area contributed by atoms with Gasteiger partial charge in [-0.3, -0.25) is 9.52 Å². The van der Waals surface area contributed by atoms with Gasteiger partial charge >= 0.3 is 5.97 Å². The van der Waals surface area contributed by atoms with Crippen LogP contribution >= 0.6 is 0 Å². The van der Waals surface area contributed by atoms with E-state index in [0.29, 0.717) is 5.69 Å².